The van der Waals surface area contributed by atoms with Crippen LogP contribution < -0.4 is 5.32 Å². The van der Waals surface area contributed by atoms with E-state index in [2.05, 4.69) is 26.1 Å². The lowest BCUT2D eigenvalue weighted by Crippen LogP contribution is -2.55. The number of urea groups is 1. The van der Waals surface area contributed by atoms with Crippen molar-refractivity contribution in [3.05, 3.63) is 29.8 Å². The van der Waals surface area contributed by atoms with E-state index in [9.17, 15) is 22.8 Å². The third-order valence-corrected chi connectivity index (χ3v) is 9.07. The van der Waals surface area contributed by atoms with E-state index in [1.165, 1.54) is 28.3 Å². The van der Waals surface area contributed by atoms with Crippen LogP contribution in [0.3, 0.4) is 0 Å². The second kappa shape index (κ2) is 8.73. The Morgan fingerprint density at radius 2 is 1.79 bits per heavy atom. The maximum Gasteiger partial charge on any atom is 0.326 e. The molecule has 9 nitrogen and oxygen atoms in total. The average Bonchev–Trinajstić information content (AvgIpc) is 2.96. The third kappa shape index (κ3) is 4.63. The van der Waals surface area contributed by atoms with Gasteiger partial charge in [-0.15, -0.1) is 0 Å². The van der Waals surface area contributed by atoms with E-state index >= 15 is 0 Å². The number of imide groups is 1. The number of carbonyl (C=O) groups excluding carboxylic acids is 3. The largest absolute Gasteiger partial charge is 0.326 e. The molecular formula is C24H34N4O5S. The number of piperazine rings is 1. The molecule has 186 valence electrons. The lowest BCUT2D eigenvalue weighted by Gasteiger charge is -2.44. The first-order chi connectivity index (χ1) is 15.8. The molecule has 0 unspecified atom stereocenters. The van der Waals surface area contributed by atoms with Crippen LogP contribution in [0.2, 0.25) is 0 Å². The number of benzene rings is 1. The Kier molecular flexibility index (Phi) is 6.37. The van der Waals surface area contributed by atoms with Crippen LogP contribution >= 0.6 is 0 Å². The Balaban J connectivity index is 1.41. The van der Waals surface area contributed by atoms with Crippen molar-refractivity contribution in [2.75, 3.05) is 32.8 Å². The van der Waals surface area contributed by atoms with Gasteiger partial charge < -0.3 is 5.32 Å². The van der Waals surface area contributed by atoms with Gasteiger partial charge in [0.1, 0.15) is 5.54 Å². The molecule has 1 aliphatic carbocycles. The highest BCUT2D eigenvalue weighted by atomic mass is 32.2. The second-order valence-corrected chi connectivity index (χ2v) is 12.8. The average molecular weight is 491 g/mol. The normalized spacial score (nSPS) is 28.4. The lowest BCUT2D eigenvalue weighted by atomic mass is 9.64. The number of hydrogen-bond acceptors (Lipinski definition) is 6. The molecule has 1 spiro atoms. The summed E-state index contributed by atoms with van der Waals surface area (Å²) in [6.07, 6.45) is 2.28. The molecule has 0 bridgehead atoms. The Morgan fingerprint density at radius 1 is 1.12 bits per heavy atom. The molecule has 3 amide bonds. The van der Waals surface area contributed by atoms with E-state index in [4.69, 9.17) is 0 Å². The van der Waals surface area contributed by atoms with Crippen molar-refractivity contribution in [3.8, 4) is 0 Å². The van der Waals surface area contributed by atoms with E-state index in [1.54, 1.807) is 12.1 Å². The van der Waals surface area contributed by atoms with E-state index in [0.29, 0.717) is 37.4 Å². The summed E-state index contributed by atoms with van der Waals surface area (Å²) in [5.41, 5.74) is -0.519. The molecule has 1 saturated carbocycles. The quantitative estimate of drug-likeness (QED) is 0.501. The van der Waals surface area contributed by atoms with Crippen molar-refractivity contribution < 1.29 is 22.8 Å². The smallest absolute Gasteiger partial charge is 0.323 e. The molecular weight excluding hydrogens is 456 g/mol. The SMILES string of the molecule is CC(=O)c1cccc(S(=O)(=O)N2CCN(CN3C(=O)N[C@]4(C[C@H](C)CC(C)(C)C4)C3=O)CC2)c1. The Hall–Kier alpha value is -2.30. The van der Waals surface area contributed by atoms with Crippen molar-refractivity contribution in [3.63, 3.8) is 0 Å². The van der Waals surface area contributed by atoms with Gasteiger partial charge in [0, 0.05) is 31.7 Å². The zero-order valence-electron chi connectivity index (χ0n) is 20.3. The summed E-state index contributed by atoms with van der Waals surface area (Å²) in [6, 6.07) is 5.70. The standard InChI is InChI=1S/C24H34N4O5S/c1-17-13-23(3,4)15-24(14-17)21(30)28(22(31)25-24)16-26-8-10-27(11-9-26)34(32,33)20-7-5-6-19(12-20)18(2)29/h5-7,12,17H,8-11,13-16H2,1-4H3,(H,25,31)/t17-,24+/m1/s1. The van der Waals surface area contributed by atoms with Crippen LogP contribution in [0.25, 0.3) is 0 Å². The second-order valence-electron chi connectivity index (χ2n) is 10.8. The topological polar surface area (TPSA) is 107 Å². The first-order valence-corrected chi connectivity index (χ1v) is 13.2. The Labute approximate surface area is 201 Å². The molecule has 2 saturated heterocycles. The molecule has 4 rings (SSSR count). The first-order valence-electron chi connectivity index (χ1n) is 11.8. The molecule has 0 radical (unpaired) electrons. The number of nitrogens with one attached hydrogen (secondary N) is 1. The summed E-state index contributed by atoms with van der Waals surface area (Å²) in [7, 11) is -3.74. The van der Waals surface area contributed by atoms with Crippen LogP contribution in [-0.4, -0.2) is 78.6 Å². The van der Waals surface area contributed by atoms with Crippen LogP contribution in [0.5, 0.6) is 0 Å². The minimum absolute atomic E-state index is 0.0315. The molecule has 0 aromatic heterocycles. The Bertz CT molecular complexity index is 1110. The van der Waals surface area contributed by atoms with Crippen LogP contribution in [0, 0.1) is 11.3 Å². The third-order valence-electron chi connectivity index (χ3n) is 7.18. The van der Waals surface area contributed by atoms with E-state index in [-0.39, 0.29) is 47.8 Å². The zero-order chi connectivity index (χ0) is 24.9. The zero-order valence-corrected chi connectivity index (χ0v) is 21.2. The number of nitrogens with zero attached hydrogens (tertiary/aromatic N) is 3. The fraction of sp³-hybridized carbons (Fsp3) is 0.625. The minimum atomic E-state index is -3.74. The molecule has 1 N–H and O–H groups in total. The van der Waals surface area contributed by atoms with Gasteiger partial charge in [-0.25, -0.2) is 18.1 Å². The molecule has 2 atom stereocenters. The number of rotatable bonds is 5. The Morgan fingerprint density at radius 3 is 2.41 bits per heavy atom. The monoisotopic (exact) mass is 490 g/mol. The highest BCUT2D eigenvalue weighted by Gasteiger charge is 2.56. The number of carbonyl (C=O) groups is 3. The first kappa shape index (κ1) is 24.8. The van der Waals surface area contributed by atoms with Gasteiger partial charge in [-0.1, -0.05) is 32.9 Å². The molecule has 2 aliphatic heterocycles. The van der Waals surface area contributed by atoms with Gasteiger partial charge in [0.25, 0.3) is 5.91 Å². The summed E-state index contributed by atoms with van der Waals surface area (Å²) in [5, 5.41) is 2.99. The number of hydrogen-bond donors (Lipinski definition) is 1. The maximum absolute atomic E-state index is 13.4. The molecule has 2 heterocycles. The molecule has 10 heteroatoms. The van der Waals surface area contributed by atoms with Crippen molar-refractivity contribution in [1.82, 2.24) is 19.4 Å². The van der Waals surface area contributed by atoms with Crippen LogP contribution in [0.4, 0.5) is 4.79 Å². The highest BCUT2D eigenvalue weighted by Crippen LogP contribution is 2.46. The van der Waals surface area contributed by atoms with Gasteiger partial charge in [0.2, 0.25) is 10.0 Å². The van der Waals surface area contributed by atoms with Gasteiger partial charge in [0.05, 0.1) is 11.6 Å². The van der Waals surface area contributed by atoms with E-state index < -0.39 is 15.6 Å². The number of amides is 3. The predicted octanol–water partition coefficient (Wildman–Crippen LogP) is 2.29. The molecule has 1 aromatic rings. The molecule has 1 aromatic carbocycles. The summed E-state index contributed by atoms with van der Waals surface area (Å²) < 4.78 is 27.5. The van der Waals surface area contributed by atoms with Gasteiger partial charge in [0.15, 0.2) is 5.78 Å². The number of Topliss-reactive ketones (excluding diaryl/α,β-unsaturated/α-hetero) is 1. The summed E-state index contributed by atoms with van der Waals surface area (Å²) in [6.45, 7) is 9.23. The molecule has 3 fully saturated rings. The molecule has 3 aliphatic rings. The van der Waals surface area contributed by atoms with Crippen molar-refractivity contribution in [2.24, 2.45) is 11.3 Å². The fourth-order valence-corrected chi connectivity index (χ4v) is 7.44. The minimum Gasteiger partial charge on any atom is -0.323 e. The lowest BCUT2D eigenvalue weighted by molar-refractivity contribution is -0.136. The van der Waals surface area contributed by atoms with Crippen LogP contribution in [0.1, 0.15) is 57.3 Å². The predicted molar refractivity (Wildman–Crippen MR) is 127 cm³/mol. The highest BCUT2D eigenvalue weighted by molar-refractivity contribution is 7.89. The van der Waals surface area contributed by atoms with E-state index in [1.807, 2.05) is 4.90 Å². The van der Waals surface area contributed by atoms with Crippen LogP contribution in [0.15, 0.2) is 29.2 Å². The summed E-state index contributed by atoms with van der Waals surface area (Å²) in [5.74, 6) is -0.0274. The number of sulfonamides is 1. The maximum atomic E-state index is 13.4. The number of ketones is 1. The summed E-state index contributed by atoms with van der Waals surface area (Å²) in [4.78, 5) is 41.1. The van der Waals surface area contributed by atoms with Crippen molar-refractivity contribution >= 4 is 27.7 Å². The van der Waals surface area contributed by atoms with Gasteiger partial charge in [-0.3, -0.25) is 14.5 Å². The van der Waals surface area contributed by atoms with E-state index in [0.717, 1.165) is 6.42 Å². The van der Waals surface area contributed by atoms with Gasteiger partial charge in [-0.05, 0) is 49.7 Å². The fourth-order valence-electron chi connectivity index (χ4n) is 5.97. The van der Waals surface area contributed by atoms with Crippen molar-refractivity contribution in [1.29, 1.82) is 0 Å². The van der Waals surface area contributed by atoms with Crippen molar-refractivity contribution in [2.45, 2.75) is 57.4 Å². The summed E-state index contributed by atoms with van der Waals surface area (Å²) >= 11 is 0. The van der Waals surface area contributed by atoms with Crippen LogP contribution in [-0.2, 0) is 14.8 Å². The van der Waals surface area contributed by atoms with Gasteiger partial charge in [-0.2, -0.15) is 4.31 Å². The molecule has 34 heavy (non-hydrogen) atoms. The van der Waals surface area contributed by atoms with Gasteiger partial charge >= 0.3 is 6.03 Å².